The number of hydrogen-bond acceptors (Lipinski definition) is 3. The Kier molecular flexibility index (Phi) is 3.41. The third-order valence-corrected chi connectivity index (χ3v) is 2.01. The second-order valence-electron chi connectivity index (χ2n) is 3.26. The fourth-order valence-corrected chi connectivity index (χ4v) is 1.26. The van der Waals surface area contributed by atoms with Crippen LogP contribution in [-0.4, -0.2) is 15.3 Å². The molecule has 0 aliphatic carbocycles. The third kappa shape index (κ3) is 2.19. The first-order valence-electron chi connectivity index (χ1n) is 4.60. The summed E-state index contributed by atoms with van der Waals surface area (Å²) in [6, 6.07) is 2.01. The highest BCUT2D eigenvalue weighted by molar-refractivity contribution is 5.97. The van der Waals surface area contributed by atoms with E-state index < -0.39 is 5.92 Å². The predicted molar refractivity (Wildman–Crippen MR) is 51.5 cm³/mol. The number of ketones is 1. The zero-order valence-corrected chi connectivity index (χ0v) is 8.40. The second-order valence-corrected chi connectivity index (χ2v) is 3.26. The van der Waals surface area contributed by atoms with E-state index >= 15 is 0 Å². The third-order valence-electron chi connectivity index (χ3n) is 2.01. The van der Waals surface area contributed by atoms with Crippen molar-refractivity contribution in [2.24, 2.45) is 13.0 Å². The fraction of sp³-hybridized carbons (Fsp3) is 0.500. The van der Waals surface area contributed by atoms with Crippen LogP contribution in [0.3, 0.4) is 0 Å². The van der Waals surface area contributed by atoms with Crippen LogP contribution in [0.15, 0.2) is 12.5 Å². The van der Waals surface area contributed by atoms with Gasteiger partial charge in [0.05, 0.1) is 12.4 Å². The van der Waals surface area contributed by atoms with Gasteiger partial charge in [0.1, 0.15) is 11.6 Å². The largest absolute Gasteiger partial charge is 0.340 e. The van der Waals surface area contributed by atoms with Crippen LogP contribution in [0.4, 0.5) is 0 Å². The van der Waals surface area contributed by atoms with E-state index in [-0.39, 0.29) is 5.78 Å². The van der Waals surface area contributed by atoms with Crippen LogP contribution < -0.4 is 0 Å². The van der Waals surface area contributed by atoms with Crippen molar-refractivity contribution in [2.45, 2.75) is 19.8 Å². The maximum absolute atomic E-state index is 11.7. The van der Waals surface area contributed by atoms with Crippen LogP contribution in [0, 0.1) is 17.2 Å². The molecule has 0 fully saturated rings. The van der Waals surface area contributed by atoms with Gasteiger partial charge in [0, 0.05) is 13.2 Å². The lowest BCUT2D eigenvalue weighted by Crippen LogP contribution is -2.13. The van der Waals surface area contributed by atoms with Gasteiger partial charge in [-0.25, -0.2) is 4.98 Å². The molecule has 1 atom stereocenters. The predicted octanol–water partition coefficient (Wildman–Crippen LogP) is 1.54. The summed E-state index contributed by atoms with van der Waals surface area (Å²) < 4.78 is 1.70. The molecule has 0 bridgehead atoms. The number of Topliss-reactive ketones (excluding diaryl/α,β-unsaturated/α-hetero) is 1. The van der Waals surface area contributed by atoms with Crippen molar-refractivity contribution in [1.29, 1.82) is 5.26 Å². The van der Waals surface area contributed by atoms with Crippen molar-refractivity contribution in [2.75, 3.05) is 0 Å². The van der Waals surface area contributed by atoms with E-state index in [2.05, 4.69) is 4.98 Å². The van der Waals surface area contributed by atoms with Crippen LogP contribution in [0.5, 0.6) is 0 Å². The minimum Gasteiger partial charge on any atom is -0.340 e. The molecule has 0 saturated heterocycles. The summed E-state index contributed by atoms with van der Waals surface area (Å²) in [5.74, 6) is -0.718. The molecule has 0 spiro atoms. The topological polar surface area (TPSA) is 58.7 Å². The summed E-state index contributed by atoms with van der Waals surface area (Å²) in [7, 11) is 1.80. The quantitative estimate of drug-likeness (QED) is 0.678. The number of carbonyl (C=O) groups excluding carboxylic acids is 1. The molecule has 14 heavy (non-hydrogen) atoms. The Labute approximate surface area is 83.2 Å². The van der Waals surface area contributed by atoms with Crippen LogP contribution in [0.2, 0.25) is 0 Å². The van der Waals surface area contributed by atoms with Crippen LogP contribution in [-0.2, 0) is 7.05 Å². The molecule has 0 aliphatic rings. The average molecular weight is 191 g/mol. The van der Waals surface area contributed by atoms with E-state index in [1.807, 2.05) is 13.0 Å². The van der Waals surface area contributed by atoms with Gasteiger partial charge in [-0.05, 0) is 6.42 Å². The highest BCUT2D eigenvalue weighted by atomic mass is 16.1. The average Bonchev–Trinajstić information content (AvgIpc) is 2.60. The Morgan fingerprint density at radius 2 is 2.50 bits per heavy atom. The van der Waals surface area contributed by atoms with E-state index in [1.165, 1.54) is 0 Å². The Morgan fingerprint density at radius 1 is 1.79 bits per heavy atom. The Hall–Kier alpha value is -1.63. The van der Waals surface area contributed by atoms with E-state index in [4.69, 9.17) is 5.26 Å². The number of imidazole rings is 1. The number of nitriles is 1. The molecule has 1 unspecified atom stereocenters. The highest BCUT2D eigenvalue weighted by Crippen LogP contribution is 2.11. The monoisotopic (exact) mass is 191 g/mol. The molecule has 0 aliphatic heterocycles. The zero-order valence-electron chi connectivity index (χ0n) is 8.40. The number of hydrogen-bond donors (Lipinski definition) is 0. The number of nitrogens with zero attached hydrogens (tertiary/aromatic N) is 3. The van der Waals surface area contributed by atoms with Crippen molar-refractivity contribution in [3.05, 3.63) is 18.2 Å². The number of aromatic nitrogens is 2. The first-order chi connectivity index (χ1) is 6.69. The Balaban J connectivity index is 2.79. The second kappa shape index (κ2) is 4.56. The lowest BCUT2D eigenvalue weighted by Gasteiger charge is -2.02. The van der Waals surface area contributed by atoms with E-state index in [0.29, 0.717) is 12.1 Å². The van der Waals surface area contributed by atoms with Crippen LogP contribution in [0.25, 0.3) is 0 Å². The van der Waals surface area contributed by atoms with E-state index in [9.17, 15) is 4.79 Å². The summed E-state index contributed by atoms with van der Waals surface area (Å²) in [6.45, 7) is 1.95. The molecule has 1 aromatic heterocycles. The van der Waals surface area contributed by atoms with Crippen molar-refractivity contribution in [3.63, 3.8) is 0 Å². The Morgan fingerprint density at radius 3 is 2.93 bits per heavy atom. The lowest BCUT2D eigenvalue weighted by molar-refractivity contribution is 0.0939. The minimum absolute atomic E-state index is 0.171. The number of rotatable bonds is 4. The molecule has 1 heterocycles. The maximum Gasteiger partial charge on any atom is 0.199 e. The summed E-state index contributed by atoms with van der Waals surface area (Å²) in [5, 5.41) is 8.79. The summed E-state index contributed by atoms with van der Waals surface area (Å²) in [6.07, 6.45) is 4.64. The van der Waals surface area contributed by atoms with Gasteiger partial charge in [0.25, 0.3) is 0 Å². The number of aryl methyl sites for hydroxylation is 1. The minimum atomic E-state index is -0.546. The van der Waals surface area contributed by atoms with Gasteiger partial charge < -0.3 is 4.57 Å². The SMILES string of the molecule is CCCC(C#N)C(=O)c1cn(C)cn1. The molecule has 0 N–H and O–H groups in total. The highest BCUT2D eigenvalue weighted by Gasteiger charge is 2.20. The van der Waals surface area contributed by atoms with Gasteiger partial charge in [0.15, 0.2) is 5.78 Å². The van der Waals surface area contributed by atoms with Crippen LogP contribution in [0.1, 0.15) is 30.3 Å². The van der Waals surface area contributed by atoms with Crippen molar-refractivity contribution in [3.8, 4) is 6.07 Å². The van der Waals surface area contributed by atoms with Gasteiger partial charge in [-0.15, -0.1) is 0 Å². The lowest BCUT2D eigenvalue weighted by atomic mass is 9.99. The first-order valence-corrected chi connectivity index (χ1v) is 4.60. The molecule has 0 aromatic carbocycles. The molecule has 1 aromatic rings. The van der Waals surface area contributed by atoms with Crippen molar-refractivity contribution < 1.29 is 4.79 Å². The van der Waals surface area contributed by atoms with Crippen molar-refractivity contribution >= 4 is 5.78 Å². The van der Waals surface area contributed by atoms with Gasteiger partial charge in [-0.2, -0.15) is 5.26 Å². The maximum atomic E-state index is 11.7. The zero-order chi connectivity index (χ0) is 10.6. The summed E-state index contributed by atoms with van der Waals surface area (Å²) >= 11 is 0. The summed E-state index contributed by atoms with van der Waals surface area (Å²) in [4.78, 5) is 15.6. The molecule has 4 nitrogen and oxygen atoms in total. The molecule has 0 saturated carbocycles. The molecular weight excluding hydrogens is 178 g/mol. The fourth-order valence-electron chi connectivity index (χ4n) is 1.26. The van der Waals surface area contributed by atoms with Crippen LogP contribution >= 0.6 is 0 Å². The molecule has 4 heteroatoms. The molecular formula is C10H13N3O. The van der Waals surface area contributed by atoms with Gasteiger partial charge >= 0.3 is 0 Å². The normalized spacial score (nSPS) is 12.1. The smallest absolute Gasteiger partial charge is 0.199 e. The first kappa shape index (κ1) is 10.5. The van der Waals surface area contributed by atoms with Gasteiger partial charge in [0.2, 0.25) is 0 Å². The standard InChI is InChI=1S/C10H13N3O/c1-3-4-8(5-11)10(14)9-6-13(2)7-12-9/h6-8H,3-4H2,1-2H3. The Bertz CT molecular complexity index is 362. The van der Waals surface area contributed by atoms with Gasteiger partial charge in [-0.1, -0.05) is 13.3 Å². The van der Waals surface area contributed by atoms with Gasteiger partial charge in [-0.3, -0.25) is 4.79 Å². The van der Waals surface area contributed by atoms with E-state index in [1.54, 1.807) is 24.1 Å². The van der Waals surface area contributed by atoms with Crippen molar-refractivity contribution in [1.82, 2.24) is 9.55 Å². The molecule has 0 radical (unpaired) electrons. The van der Waals surface area contributed by atoms with E-state index in [0.717, 1.165) is 6.42 Å². The molecule has 0 amide bonds. The summed E-state index contributed by atoms with van der Waals surface area (Å²) in [5.41, 5.74) is 0.382. The molecule has 1 rings (SSSR count). The molecule has 74 valence electrons. The number of carbonyl (C=O) groups is 1.